The number of halogens is 1. The van der Waals surface area contributed by atoms with Crippen molar-refractivity contribution in [2.45, 2.75) is 38.8 Å². The van der Waals surface area contributed by atoms with Crippen LogP contribution in [0, 0.1) is 0 Å². The van der Waals surface area contributed by atoms with Gasteiger partial charge in [-0.05, 0) is 43.7 Å². The van der Waals surface area contributed by atoms with E-state index in [4.69, 9.17) is 0 Å². The van der Waals surface area contributed by atoms with Crippen LogP contribution in [-0.4, -0.2) is 16.1 Å². The van der Waals surface area contributed by atoms with Gasteiger partial charge in [0, 0.05) is 11.1 Å². The molecular formula is C26H27FN2. The smallest absolute Gasteiger partial charge is 0.0973 e. The minimum absolute atomic E-state index is 0.622. The average molecular weight is 387 g/mol. The van der Waals surface area contributed by atoms with Crippen LogP contribution in [0.15, 0.2) is 79.7 Å². The summed E-state index contributed by atoms with van der Waals surface area (Å²) >= 11 is 0. The second-order valence-electron chi connectivity index (χ2n) is 7.21. The molecule has 0 fully saturated rings. The van der Waals surface area contributed by atoms with Crippen LogP contribution >= 0.6 is 0 Å². The van der Waals surface area contributed by atoms with E-state index in [0.29, 0.717) is 6.42 Å². The van der Waals surface area contributed by atoms with Gasteiger partial charge in [-0.15, -0.1) is 6.58 Å². The monoisotopic (exact) mass is 386 g/mol. The maximum Gasteiger partial charge on any atom is 0.0973 e. The number of rotatable bonds is 9. The summed E-state index contributed by atoms with van der Waals surface area (Å²) in [5.74, 6) is 0. The zero-order chi connectivity index (χ0) is 20.5. The molecule has 1 aromatic heterocycles. The molecule has 0 bridgehead atoms. The summed E-state index contributed by atoms with van der Waals surface area (Å²) in [5.41, 5.74) is 6.17. The number of aromatic nitrogens is 2. The maximum absolute atomic E-state index is 12.8. The number of alkyl halides is 1. The number of unbranched alkanes of at least 4 members (excludes halogenated alkanes) is 1. The second kappa shape index (κ2) is 10.5. The minimum atomic E-state index is -0.716. The maximum atomic E-state index is 12.8. The van der Waals surface area contributed by atoms with Crippen molar-refractivity contribution in [1.29, 1.82) is 0 Å². The number of benzene rings is 2. The summed E-state index contributed by atoms with van der Waals surface area (Å²) in [4.78, 5) is 9.16. The Bertz CT molecular complexity index is 924. The molecule has 1 atom stereocenters. The normalized spacial score (nSPS) is 12.2. The van der Waals surface area contributed by atoms with Crippen LogP contribution in [0.2, 0.25) is 0 Å². The summed E-state index contributed by atoms with van der Waals surface area (Å²) in [5, 5.41) is 0. The molecule has 0 aliphatic heterocycles. The summed E-state index contributed by atoms with van der Waals surface area (Å²) in [6.45, 7) is 5.38. The Hall–Kier alpha value is -3.07. The summed E-state index contributed by atoms with van der Waals surface area (Å²) < 4.78 is 12.8. The summed E-state index contributed by atoms with van der Waals surface area (Å²) in [6.07, 6.45) is 12.3. The second-order valence-corrected chi connectivity index (χ2v) is 7.21. The largest absolute Gasteiger partial charge is 0.252 e. The number of nitrogens with zero attached hydrogens (tertiary/aromatic N) is 2. The molecule has 0 aliphatic rings. The van der Waals surface area contributed by atoms with Gasteiger partial charge in [0.15, 0.2) is 0 Å². The SMILES string of the molecule is C=CCc1ccc(-c2cnc(-c3ccc(/C=C/CCCC(C)F)cc3)cn2)cc1. The third kappa shape index (κ3) is 6.21. The Morgan fingerprint density at radius 1 is 0.931 bits per heavy atom. The van der Waals surface area contributed by atoms with E-state index >= 15 is 0 Å². The molecular weight excluding hydrogens is 359 g/mol. The first kappa shape index (κ1) is 20.7. The van der Waals surface area contributed by atoms with Crippen LogP contribution < -0.4 is 0 Å². The Kier molecular flexibility index (Phi) is 7.46. The fourth-order valence-electron chi connectivity index (χ4n) is 3.11. The lowest BCUT2D eigenvalue weighted by Gasteiger charge is -2.05. The molecule has 29 heavy (non-hydrogen) atoms. The van der Waals surface area contributed by atoms with Gasteiger partial charge in [0.25, 0.3) is 0 Å². The third-order valence-corrected chi connectivity index (χ3v) is 4.77. The van der Waals surface area contributed by atoms with Crippen molar-refractivity contribution in [2.24, 2.45) is 0 Å². The van der Waals surface area contributed by atoms with E-state index in [2.05, 4.69) is 77.2 Å². The van der Waals surface area contributed by atoms with Crippen molar-refractivity contribution < 1.29 is 4.39 Å². The van der Waals surface area contributed by atoms with Crippen molar-refractivity contribution in [3.63, 3.8) is 0 Å². The molecule has 0 spiro atoms. The summed E-state index contributed by atoms with van der Waals surface area (Å²) in [7, 11) is 0. The van der Waals surface area contributed by atoms with Gasteiger partial charge in [-0.25, -0.2) is 4.39 Å². The van der Waals surface area contributed by atoms with Gasteiger partial charge in [0.05, 0.1) is 30.0 Å². The van der Waals surface area contributed by atoms with Crippen LogP contribution in [0.25, 0.3) is 28.6 Å². The van der Waals surface area contributed by atoms with E-state index in [1.165, 1.54) is 5.56 Å². The standard InChI is InChI=1S/C26H27FN2/c1-3-7-21-10-14-23(15-11-21)25-18-29-26(19-28-25)24-16-12-22(13-17-24)9-6-4-5-8-20(2)27/h3,6,9-20H,1,4-5,7-8H2,2H3/b9-6+. The van der Waals surface area contributed by atoms with E-state index in [1.807, 2.05) is 18.5 Å². The highest BCUT2D eigenvalue weighted by Gasteiger charge is 2.03. The molecule has 1 unspecified atom stereocenters. The van der Waals surface area contributed by atoms with Crippen LogP contribution in [0.3, 0.4) is 0 Å². The first-order valence-corrected chi connectivity index (χ1v) is 10.1. The predicted octanol–water partition coefficient (Wildman–Crippen LogP) is 7.08. The Morgan fingerprint density at radius 2 is 1.52 bits per heavy atom. The quantitative estimate of drug-likeness (QED) is 0.290. The van der Waals surface area contributed by atoms with Crippen LogP contribution in [0.4, 0.5) is 4.39 Å². The first-order valence-electron chi connectivity index (χ1n) is 10.1. The molecule has 0 aliphatic carbocycles. The average Bonchev–Trinajstić information content (AvgIpc) is 2.75. The van der Waals surface area contributed by atoms with E-state index in [-0.39, 0.29) is 0 Å². The molecule has 148 valence electrons. The molecule has 2 aromatic carbocycles. The Morgan fingerprint density at radius 3 is 2.03 bits per heavy atom. The molecule has 2 nitrogen and oxygen atoms in total. The van der Waals surface area contributed by atoms with Crippen LogP contribution in [-0.2, 0) is 6.42 Å². The van der Waals surface area contributed by atoms with E-state index in [1.54, 1.807) is 6.92 Å². The molecule has 0 saturated heterocycles. The van der Waals surface area contributed by atoms with Crippen LogP contribution in [0.5, 0.6) is 0 Å². The molecule has 1 heterocycles. The van der Waals surface area contributed by atoms with Gasteiger partial charge in [0.1, 0.15) is 0 Å². The Balaban J connectivity index is 1.62. The highest BCUT2D eigenvalue weighted by Crippen LogP contribution is 2.21. The predicted molar refractivity (Wildman–Crippen MR) is 120 cm³/mol. The van der Waals surface area contributed by atoms with Gasteiger partial charge in [0.2, 0.25) is 0 Å². The van der Waals surface area contributed by atoms with Crippen molar-refractivity contribution in [3.05, 3.63) is 90.8 Å². The van der Waals surface area contributed by atoms with Crippen molar-refractivity contribution >= 4 is 6.08 Å². The van der Waals surface area contributed by atoms with Crippen LogP contribution in [0.1, 0.15) is 37.3 Å². The first-order chi connectivity index (χ1) is 14.2. The highest BCUT2D eigenvalue weighted by molar-refractivity contribution is 5.64. The van der Waals surface area contributed by atoms with Crippen molar-refractivity contribution in [3.8, 4) is 22.5 Å². The van der Waals surface area contributed by atoms with Crippen molar-refractivity contribution in [2.75, 3.05) is 0 Å². The van der Waals surface area contributed by atoms with Gasteiger partial charge in [-0.2, -0.15) is 0 Å². The minimum Gasteiger partial charge on any atom is -0.252 e. The topological polar surface area (TPSA) is 25.8 Å². The van der Waals surface area contributed by atoms with Gasteiger partial charge in [-0.1, -0.05) is 66.8 Å². The zero-order valence-corrected chi connectivity index (χ0v) is 16.9. The van der Waals surface area contributed by atoms with Crippen molar-refractivity contribution in [1.82, 2.24) is 9.97 Å². The van der Waals surface area contributed by atoms with E-state index in [0.717, 1.165) is 47.3 Å². The molecule has 0 radical (unpaired) electrons. The third-order valence-electron chi connectivity index (χ3n) is 4.77. The number of hydrogen-bond acceptors (Lipinski definition) is 2. The number of allylic oxidation sites excluding steroid dienone is 2. The zero-order valence-electron chi connectivity index (χ0n) is 16.9. The lowest BCUT2D eigenvalue weighted by Crippen LogP contribution is -1.90. The fraction of sp³-hybridized carbons (Fsp3) is 0.231. The molecule has 0 saturated carbocycles. The Labute approximate surface area is 172 Å². The molecule has 0 amide bonds. The molecule has 3 rings (SSSR count). The summed E-state index contributed by atoms with van der Waals surface area (Å²) in [6, 6.07) is 16.6. The lowest BCUT2D eigenvalue weighted by molar-refractivity contribution is 0.335. The lowest BCUT2D eigenvalue weighted by atomic mass is 10.1. The molecule has 3 heteroatoms. The van der Waals surface area contributed by atoms with Gasteiger partial charge < -0.3 is 0 Å². The van der Waals surface area contributed by atoms with Gasteiger partial charge in [-0.3, -0.25) is 9.97 Å². The highest BCUT2D eigenvalue weighted by atomic mass is 19.1. The van der Waals surface area contributed by atoms with E-state index in [9.17, 15) is 4.39 Å². The van der Waals surface area contributed by atoms with E-state index < -0.39 is 6.17 Å². The number of hydrogen-bond donors (Lipinski definition) is 0. The fourth-order valence-corrected chi connectivity index (χ4v) is 3.11. The molecule has 0 N–H and O–H groups in total. The molecule has 3 aromatic rings. The van der Waals surface area contributed by atoms with Gasteiger partial charge >= 0.3 is 0 Å².